The van der Waals surface area contributed by atoms with Crippen LogP contribution in [0.2, 0.25) is 0 Å². The topological polar surface area (TPSA) is 70.7 Å². The van der Waals surface area contributed by atoms with Crippen molar-refractivity contribution in [3.63, 3.8) is 0 Å². The maximum absolute atomic E-state index is 12.1. The smallest absolute Gasteiger partial charge is 0.227 e. The van der Waals surface area contributed by atoms with E-state index in [4.69, 9.17) is 5.73 Å². The summed E-state index contributed by atoms with van der Waals surface area (Å²) < 4.78 is 0. The molecule has 0 aromatic heterocycles. The Morgan fingerprint density at radius 2 is 2.35 bits per heavy atom. The molecule has 0 fully saturated rings. The Hall–Kier alpha value is -1.79. The highest BCUT2D eigenvalue weighted by Gasteiger charge is 2.24. The average Bonchev–Trinajstić information content (AvgIpc) is 3.09. The number of amidine groups is 1. The van der Waals surface area contributed by atoms with Crippen LogP contribution in [0.25, 0.3) is 0 Å². The SMILES string of the molecule is CNCCN1C(=O)CCc2cc(N=C(N)C3CC=CS3)ccc21. The molecule has 1 amide bonds. The molecule has 0 bridgehead atoms. The lowest BCUT2D eigenvalue weighted by Crippen LogP contribution is -2.39. The number of aliphatic imine (C=N–C) groups is 1. The van der Waals surface area contributed by atoms with Gasteiger partial charge in [0.05, 0.1) is 10.9 Å². The van der Waals surface area contributed by atoms with Gasteiger partial charge in [-0.25, -0.2) is 4.99 Å². The minimum absolute atomic E-state index is 0.192. The van der Waals surface area contributed by atoms with Gasteiger partial charge in [-0.05, 0) is 49.1 Å². The zero-order valence-electron chi connectivity index (χ0n) is 13.3. The molecule has 5 nitrogen and oxygen atoms in total. The van der Waals surface area contributed by atoms with Gasteiger partial charge in [0.25, 0.3) is 0 Å². The number of benzene rings is 1. The van der Waals surface area contributed by atoms with Crippen LogP contribution in [0.5, 0.6) is 0 Å². The number of amides is 1. The molecule has 23 heavy (non-hydrogen) atoms. The first-order valence-electron chi connectivity index (χ1n) is 7.91. The highest BCUT2D eigenvalue weighted by molar-refractivity contribution is 8.03. The molecule has 0 saturated carbocycles. The van der Waals surface area contributed by atoms with E-state index in [1.807, 2.05) is 24.1 Å². The van der Waals surface area contributed by atoms with Crippen LogP contribution < -0.4 is 16.0 Å². The molecule has 1 aromatic rings. The van der Waals surface area contributed by atoms with Gasteiger partial charge in [-0.3, -0.25) is 4.79 Å². The Kier molecular flexibility index (Phi) is 5.03. The molecule has 0 radical (unpaired) electrons. The zero-order valence-corrected chi connectivity index (χ0v) is 14.1. The van der Waals surface area contributed by atoms with Gasteiger partial charge in [0, 0.05) is 25.2 Å². The summed E-state index contributed by atoms with van der Waals surface area (Å²) in [5, 5.41) is 5.42. The third-order valence-electron chi connectivity index (χ3n) is 4.13. The number of hydrogen-bond acceptors (Lipinski definition) is 4. The number of carbonyl (C=O) groups excluding carboxylic acids is 1. The number of allylic oxidation sites excluding steroid dienone is 1. The number of likely N-dealkylation sites (N-methyl/N-ethyl adjacent to an activating group) is 1. The van der Waals surface area contributed by atoms with Crippen LogP contribution in [-0.2, 0) is 11.2 Å². The zero-order chi connectivity index (χ0) is 16.2. The van der Waals surface area contributed by atoms with E-state index in [0.717, 1.165) is 30.8 Å². The number of aryl methyl sites for hydroxylation is 1. The lowest BCUT2D eigenvalue weighted by Gasteiger charge is -2.29. The van der Waals surface area contributed by atoms with Gasteiger partial charge >= 0.3 is 0 Å². The van der Waals surface area contributed by atoms with Crippen molar-refractivity contribution in [2.45, 2.75) is 24.5 Å². The van der Waals surface area contributed by atoms with Gasteiger partial charge in [0.15, 0.2) is 0 Å². The first-order valence-corrected chi connectivity index (χ1v) is 8.85. The van der Waals surface area contributed by atoms with Crippen LogP contribution in [0.15, 0.2) is 34.7 Å². The van der Waals surface area contributed by atoms with E-state index in [1.54, 1.807) is 11.8 Å². The molecule has 2 aliphatic heterocycles. The summed E-state index contributed by atoms with van der Waals surface area (Å²) in [6.07, 6.45) is 4.39. The van der Waals surface area contributed by atoms with Gasteiger partial charge < -0.3 is 16.0 Å². The molecular formula is C17H22N4OS. The fourth-order valence-electron chi connectivity index (χ4n) is 2.88. The molecule has 3 N–H and O–H groups in total. The number of rotatable bonds is 5. The minimum atomic E-state index is 0.192. The van der Waals surface area contributed by atoms with Crippen molar-refractivity contribution >= 4 is 34.9 Å². The molecule has 1 atom stereocenters. The fourth-order valence-corrected chi connectivity index (χ4v) is 3.71. The van der Waals surface area contributed by atoms with Crippen LogP contribution >= 0.6 is 11.8 Å². The fraction of sp³-hybridized carbons (Fsp3) is 0.412. The molecule has 2 aliphatic rings. The Balaban J connectivity index is 1.81. The summed E-state index contributed by atoms with van der Waals surface area (Å²) in [5.74, 6) is 0.857. The second kappa shape index (κ2) is 7.19. The molecule has 0 saturated heterocycles. The van der Waals surface area contributed by atoms with Crippen LogP contribution in [-0.4, -0.2) is 37.1 Å². The Labute approximate surface area is 141 Å². The number of anilines is 1. The first-order chi connectivity index (χ1) is 11.2. The predicted octanol–water partition coefficient (Wildman–Crippen LogP) is 2.19. The van der Waals surface area contributed by atoms with E-state index in [9.17, 15) is 4.79 Å². The predicted molar refractivity (Wildman–Crippen MR) is 97.5 cm³/mol. The van der Waals surface area contributed by atoms with Crippen molar-refractivity contribution in [3.05, 3.63) is 35.2 Å². The van der Waals surface area contributed by atoms with Gasteiger partial charge in [-0.15, -0.1) is 11.8 Å². The molecule has 1 unspecified atom stereocenters. The average molecular weight is 330 g/mol. The summed E-state index contributed by atoms with van der Waals surface area (Å²) >= 11 is 1.71. The molecule has 6 heteroatoms. The van der Waals surface area contributed by atoms with E-state index >= 15 is 0 Å². The second-order valence-electron chi connectivity index (χ2n) is 5.73. The van der Waals surface area contributed by atoms with E-state index in [0.29, 0.717) is 18.8 Å². The number of carbonyl (C=O) groups is 1. The number of nitrogens with zero attached hydrogens (tertiary/aromatic N) is 2. The highest BCUT2D eigenvalue weighted by atomic mass is 32.2. The summed E-state index contributed by atoms with van der Waals surface area (Å²) in [6.45, 7) is 1.47. The van der Waals surface area contributed by atoms with Crippen molar-refractivity contribution < 1.29 is 4.79 Å². The molecule has 0 spiro atoms. The molecule has 1 aromatic carbocycles. The maximum atomic E-state index is 12.1. The van der Waals surface area contributed by atoms with E-state index in [-0.39, 0.29) is 11.2 Å². The normalized spacial score (nSPS) is 20.9. The van der Waals surface area contributed by atoms with Crippen LogP contribution in [0.4, 0.5) is 11.4 Å². The lowest BCUT2D eigenvalue weighted by atomic mass is 10.0. The summed E-state index contributed by atoms with van der Waals surface area (Å²) in [6, 6.07) is 6.01. The summed E-state index contributed by atoms with van der Waals surface area (Å²) in [7, 11) is 1.89. The lowest BCUT2D eigenvalue weighted by molar-refractivity contribution is -0.118. The molecule has 3 rings (SSSR count). The van der Waals surface area contributed by atoms with Crippen molar-refractivity contribution in [1.82, 2.24) is 5.32 Å². The third kappa shape index (κ3) is 3.59. The third-order valence-corrected chi connectivity index (χ3v) is 5.24. The number of nitrogens with one attached hydrogen (secondary N) is 1. The molecular weight excluding hydrogens is 308 g/mol. The standard InChI is InChI=1S/C17H22N4OS/c1-19-8-9-21-14-6-5-13(11-12(14)4-7-16(21)22)20-17(18)15-3-2-10-23-15/h2,5-6,10-11,15,19H,3-4,7-9H2,1H3,(H2,18,20). The Morgan fingerprint density at radius 1 is 1.48 bits per heavy atom. The van der Waals surface area contributed by atoms with Crippen molar-refractivity contribution in [1.29, 1.82) is 0 Å². The van der Waals surface area contributed by atoms with Crippen LogP contribution in [0.3, 0.4) is 0 Å². The number of fused-ring (bicyclic) bond motifs is 1. The number of thioether (sulfide) groups is 1. The number of hydrogen-bond donors (Lipinski definition) is 2. The Morgan fingerprint density at radius 3 is 3.09 bits per heavy atom. The quantitative estimate of drug-likeness (QED) is 0.641. The van der Waals surface area contributed by atoms with Crippen molar-refractivity contribution in [2.75, 3.05) is 25.0 Å². The highest BCUT2D eigenvalue weighted by Crippen LogP contribution is 2.32. The van der Waals surface area contributed by atoms with E-state index in [2.05, 4.69) is 27.9 Å². The largest absolute Gasteiger partial charge is 0.386 e. The van der Waals surface area contributed by atoms with Crippen LogP contribution in [0.1, 0.15) is 18.4 Å². The van der Waals surface area contributed by atoms with E-state index < -0.39 is 0 Å². The van der Waals surface area contributed by atoms with Crippen molar-refractivity contribution in [2.24, 2.45) is 10.7 Å². The molecule has 2 heterocycles. The summed E-state index contributed by atoms with van der Waals surface area (Å²) in [4.78, 5) is 18.6. The van der Waals surface area contributed by atoms with Gasteiger partial charge in [-0.1, -0.05) is 6.08 Å². The van der Waals surface area contributed by atoms with Gasteiger partial charge in [-0.2, -0.15) is 0 Å². The second-order valence-corrected chi connectivity index (χ2v) is 6.84. The van der Waals surface area contributed by atoms with Crippen LogP contribution in [0, 0.1) is 0 Å². The molecule has 122 valence electrons. The van der Waals surface area contributed by atoms with Crippen molar-refractivity contribution in [3.8, 4) is 0 Å². The van der Waals surface area contributed by atoms with E-state index in [1.165, 1.54) is 5.56 Å². The minimum Gasteiger partial charge on any atom is -0.386 e. The first kappa shape index (κ1) is 16.1. The van der Waals surface area contributed by atoms with Gasteiger partial charge in [0.1, 0.15) is 5.84 Å². The Bertz CT molecular complexity index is 648. The summed E-state index contributed by atoms with van der Waals surface area (Å²) in [5.41, 5.74) is 9.17. The maximum Gasteiger partial charge on any atom is 0.227 e. The monoisotopic (exact) mass is 330 g/mol. The number of nitrogens with two attached hydrogens (primary N) is 1. The molecule has 0 aliphatic carbocycles. The van der Waals surface area contributed by atoms with Gasteiger partial charge in [0.2, 0.25) is 5.91 Å².